The third-order valence-electron chi connectivity index (χ3n) is 3.53. The zero-order valence-corrected chi connectivity index (χ0v) is 12.4. The fourth-order valence-corrected chi connectivity index (χ4v) is 2.24. The van der Waals surface area contributed by atoms with Gasteiger partial charge in [0.1, 0.15) is 6.23 Å². The molecule has 1 aromatic rings. The number of hydrogen-bond acceptors (Lipinski definition) is 4. The van der Waals surface area contributed by atoms with Crippen molar-refractivity contribution < 1.29 is 13.5 Å². The summed E-state index contributed by atoms with van der Waals surface area (Å²) in [6.07, 6.45) is 1.33. The van der Waals surface area contributed by atoms with E-state index < -0.39 is 12.2 Å². The molecule has 0 radical (unpaired) electrons. The van der Waals surface area contributed by atoms with Gasteiger partial charge in [-0.2, -0.15) is 0 Å². The largest absolute Gasteiger partial charge is 0.364 e. The van der Waals surface area contributed by atoms with E-state index >= 15 is 0 Å². The molecule has 2 rings (SSSR count). The third-order valence-corrected chi connectivity index (χ3v) is 3.53. The lowest BCUT2D eigenvalue weighted by Gasteiger charge is -2.25. The molecule has 0 saturated carbocycles. The number of alkyl halides is 2. The second-order valence-corrected chi connectivity index (χ2v) is 6.34. The number of ether oxygens (including phenoxy) is 1. The standard InChI is InChI=1S/C13H22F2N4O/c1-12(2,3)10-7-19(17-16-10)8-11(20-4)18-6-5-13(14,15)9-18/h7,11H,5-6,8-9H2,1-4H3. The van der Waals surface area contributed by atoms with E-state index in [-0.39, 0.29) is 18.4 Å². The molecule has 0 spiro atoms. The van der Waals surface area contributed by atoms with Crippen LogP contribution in [0.2, 0.25) is 0 Å². The Kier molecular flexibility index (Phi) is 4.11. The van der Waals surface area contributed by atoms with Crippen LogP contribution in [0.1, 0.15) is 32.9 Å². The molecule has 2 heterocycles. The Balaban J connectivity index is 2.02. The molecular formula is C13H22F2N4O. The van der Waals surface area contributed by atoms with Gasteiger partial charge in [0.2, 0.25) is 0 Å². The van der Waals surface area contributed by atoms with E-state index in [0.717, 1.165) is 5.69 Å². The Bertz CT molecular complexity index is 455. The summed E-state index contributed by atoms with van der Waals surface area (Å²) in [4.78, 5) is 1.65. The smallest absolute Gasteiger partial charge is 0.261 e. The number of halogens is 2. The summed E-state index contributed by atoms with van der Waals surface area (Å²) in [6.45, 7) is 6.64. The minimum atomic E-state index is -2.62. The molecule has 0 N–H and O–H groups in total. The summed E-state index contributed by atoms with van der Waals surface area (Å²) < 4.78 is 33.5. The Morgan fingerprint density at radius 2 is 2.15 bits per heavy atom. The molecule has 1 aliphatic rings. The number of likely N-dealkylation sites (tertiary alicyclic amines) is 1. The van der Waals surface area contributed by atoms with Crippen LogP contribution in [-0.2, 0) is 16.7 Å². The van der Waals surface area contributed by atoms with Crippen molar-refractivity contribution in [2.45, 2.75) is 51.3 Å². The molecule has 1 saturated heterocycles. The minimum Gasteiger partial charge on any atom is -0.364 e. The van der Waals surface area contributed by atoms with E-state index in [4.69, 9.17) is 4.74 Å². The summed E-state index contributed by atoms with van der Waals surface area (Å²) in [7, 11) is 1.53. The Hall–Kier alpha value is -1.08. The molecule has 0 aliphatic carbocycles. The highest BCUT2D eigenvalue weighted by molar-refractivity contribution is 5.06. The first-order valence-electron chi connectivity index (χ1n) is 6.76. The van der Waals surface area contributed by atoms with Crippen molar-refractivity contribution in [1.82, 2.24) is 19.9 Å². The van der Waals surface area contributed by atoms with Crippen molar-refractivity contribution in [2.75, 3.05) is 20.2 Å². The molecule has 1 aromatic heterocycles. The van der Waals surface area contributed by atoms with Crippen LogP contribution in [0.4, 0.5) is 8.78 Å². The predicted octanol–water partition coefficient (Wildman–Crippen LogP) is 1.89. The molecule has 5 nitrogen and oxygen atoms in total. The van der Waals surface area contributed by atoms with Gasteiger partial charge in [-0.1, -0.05) is 26.0 Å². The Labute approximate surface area is 117 Å². The third kappa shape index (κ3) is 3.52. The van der Waals surface area contributed by atoms with E-state index in [1.165, 1.54) is 7.11 Å². The van der Waals surface area contributed by atoms with Crippen molar-refractivity contribution in [3.05, 3.63) is 11.9 Å². The molecular weight excluding hydrogens is 266 g/mol. The highest BCUT2D eigenvalue weighted by atomic mass is 19.3. The van der Waals surface area contributed by atoms with Gasteiger partial charge in [0, 0.05) is 31.7 Å². The molecule has 114 valence electrons. The zero-order chi connectivity index (χ0) is 15.0. The van der Waals surface area contributed by atoms with Crippen molar-refractivity contribution in [3.63, 3.8) is 0 Å². The second-order valence-electron chi connectivity index (χ2n) is 6.34. The van der Waals surface area contributed by atoms with Crippen LogP contribution in [0.25, 0.3) is 0 Å². The van der Waals surface area contributed by atoms with Gasteiger partial charge in [-0.25, -0.2) is 13.5 Å². The first kappa shape index (κ1) is 15.3. The summed E-state index contributed by atoms with van der Waals surface area (Å²) in [5.41, 5.74) is 0.792. The first-order chi connectivity index (χ1) is 9.21. The van der Waals surface area contributed by atoms with Gasteiger partial charge in [-0.15, -0.1) is 5.10 Å². The SMILES string of the molecule is COC(Cn1cc(C(C)(C)C)nn1)N1CCC(F)(F)C1. The maximum Gasteiger partial charge on any atom is 0.261 e. The topological polar surface area (TPSA) is 43.2 Å². The Morgan fingerprint density at radius 3 is 2.60 bits per heavy atom. The van der Waals surface area contributed by atoms with Crippen molar-refractivity contribution in [2.24, 2.45) is 0 Å². The first-order valence-corrected chi connectivity index (χ1v) is 6.76. The molecule has 1 unspecified atom stereocenters. The van der Waals surface area contributed by atoms with Gasteiger partial charge in [-0.3, -0.25) is 4.90 Å². The van der Waals surface area contributed by atoms with Gasteiger partial charge < -0.3 is 4.74 Å². The number of nitrogens with zero attached hydrogens (tertiary/aromatic N) is 4. The van der Waals surface area contributed by atoms with Gasteiger partial charge in [-0.05, 0) is 0 Å². The number of methoxy groups -OCH3 is 1. The fourth-order valence-electron chi connectivity index (χ4n) is 2.24. The number of aromatic nitrogens is 3. The summed E-state index contributed by atoms with van der Waals surface area (Å²) in [5, 5.41) is 8.17. The van der Waals surface area contributed by atoms with Gasteiger partial charge in [0.25, 0.3) is 5.92 Å². The van der Waals surface area contributed by atoms with E-state index in [1.54, 1.807) is 9.58 Å². The average Bonchev–Trinajstić information content (AvgIpc) is 2.91. The van der Waals surface area contributed by atoms with Crippen LogP contribution in [0.15, 0.2) is 6.20 Å². The van der Waals surface area contributed by atoms with Crippen molar-refractivity contribution >= 4 is 0 Å². The molecule has 1 aliphatic heterocycles. The molecule has 1 atom stereocenters. The van der Waals surface area contributed by atoms with Gasteiger partial charge in [0.05, 0.1) is 18.8 Å². The van der Waals surface area contributed by atoms with E-state index in [2.05, 4.69) is 31.1 Å². The second kappa shape index (κ2) is 5.37. The van der Waals surface area contributed by atoms with Crippen LogP contribution < -0.4 is 0 Å². The van der Waals surface area contributed by atoms with Crippen LogP contribution in [0, 0.1) is 0 Å². The fraction of sp³-hybridized carbons (Fsp3) is 0.846. The molecule has 7 heteroatoms. The van der Waals surface area contributed by atoms with Crippen LogP contribution in [0.3, 0.4) is 0 Å². The normalized spacial score (nSPS) is 21.3. The number of hydrogen-bond donors (Lipinski definition) is 0. The highest BCUT2D eigenvalue weighted by Gasteiger charge is 2.41. The minimum absolute atomic E-state index is 0.0819. The Morgan fingerprint density at radius 1 is 1.45 bits per heavy atom. The van der Waals surface area contributed by atoms with Crippen LogP contribution in [-0.4, -0.2) is 52.2 Å². The molecule has 0 amide bonds. The predicted molar refractivity (Wildman–Crippen MR) is 70.7 cm³/mol. The number of rotatable bonds is 4. The van der Waals surface area contributed by atoms with Crippen molar-refractivity contribution in [3.8, 4) is 0 Å². The quantitative estimate of drug-likeness (QED) is 0.848. The van der Waals surface area contributed by atoms with Crippen LogP contribution in [0.5, 0.6) is 0 Å². The average molecular weight is 288 g/mol. The molecule has 0 bridgehead atoms. The van der Waals surface area contributed by atoms with Gasteiger partial charge >= 0.3 is 0 Å². The van der Waals surface area contributed by atoms with E-state index in [1.807, 2.05) is 6.20 Å². The maximum absolute atomic E-state index is 13.3. The lowest BCUT2D eigenvalue weighted by Crippen LogP contribution is -2.39. The lowest BCUT2D eigenvalue weighted by atomic mass is 9.93. The monoisotopic (exact) mass is 288 g/mol. The summed E-state index contributed by atoms with van der Waals surface area (Å²) >= 11 is 0. The van der Waals surface area contributed by atoms with E-state index in [0.29, 0.717) is 13.1 Å². The van der Waals surface area contributed by atoms with Gasteiger partial charge in [0.15, 0.2) is 0 Å². The summed E-state index contributed by atoms with van der Waals surface area (Å²) in [5.74, 6) is -2.62. The molecule has 0 aromatic carbocycles. The summed E-state index contributed by atoms with van der Waals surface area (Å²) in [6, 6.07) is 0. The lowest BCUT2D eigenvalue weighted by molar-refractivity contribution is -0.0578. The molecule has 1 fully saturated rings. The van der Waals surface area contributed by atoms with Crippen molar-refractivity contribution in [1.29, 1.82) is 0 Å². The molecule has 20 heavy (non-hydrogen) atoms. The van der Waals surface area contributed by atoms with E-state index in [9.17, 15) is 8.78 Å². The maximum atomic E-state index is 13.3. The van der Waals surface area contributed by atoms with Crippen LogP contribution >= 0.6 is 0 Å². The zero-order valence-electron chi connectivity index (χ0n) is 12.4. The highest BCUT2D eigenvalue weighted by Crippen LogP contribution is 2.28.